The summed E-state index contributed by atoms with van der Waals surface area (Å²) in [4.78, 5) is 5.20. The van der Waals surface area contributed by atoms with E-state index < -0.39 is 0 Å². The maximum Gasteiger partial charge on any atom is 0.123 e. The number of hydrogen-bond acceptors (Lipinski definition) is 4. The average molecular weight is 274 g/mol. The van der Waals surface area contributed by atoms with Gasteiger partial charge < -0.3 is 10.5 Å². The Morgan fingerprint density at radius 2 is 2.16 bits per heavy atom. The predicted molar refractivity (Wildman–Crippen MR) is 80.7 cm³/mol. The van der Waals surface area contributed by atoms with Crippen molar-refractivity contribution < 1.29 is 4.74 Å². The van der Waals surface area contributed by atoms with Crippen LogP contribution in [0, 0.1) is 6.92 Å². The molecular formula is C15H18N2OS. The SMILES string of the molecule is Cc1cccc(OCCCSc2ccc(N)nc2)c1. The molecule has 1 aromatic heterocycles. The normalized spacial score (nSPS) is 10.4. The van der Waals surface area contributed by atoms with Crippen molar-refractivity contribution in [2.45, 2.75) is 18.2 Å². The van der Waals surface area contributed by atoms with Crippen molar-refractivity contribution in [2.24, 2.45) is 0 Å². The van der Waals surface area contributed by atoms with Gasteiger partial charge in [0.15, 0.2) is 0 Å². The van der Waals surface area contributed by atoms with Crippen LogP contribution in [0.25, 0.3) is 0 Å². The second-order valence-corrected chi connectivity index (χ2v) is 5.45. The summed E-state index contributed by atoms with van der Waals surface area (Å²) in [7, 11) is 0. The Kier molecular flexibility index (Phi) is 5.10. The molecule has 100 valence electrons. The molecule has 0 aliphatic carbocycles. The lowest BCUT2D eigenvalue weighted by Crippen LogP contribution is -1.98. The average Bonchev–Trinajstić information content (AvgIpc) is 2.41. The van der Waals surface area contributed by atoms with E-state index in [1.807, 2.05) is 24.3 Å². The fraction of sp³-hybridized carbons (Fsp3) is 0.267. The van der Waals surface area contributed by atoms with Crippen molar-refractivity contribution in [1.29, 1.82) is 0 Å². The van der Waals surface area contributed by atoms with E-state index in [0.717, 1.165) is 29.4 Å². The summed E-state index contributed by atoms with van der Waals surface area (Å²) in [5, 5.41) is 0. The van der Waals surface area contributed by atoms with Gasteiger partial charge in [-0.05, 0) is 43.2 Å². The monoisotopic (exact) mass is 274 g/mol. The molecule has 0 aliphatic heterocycles. The highest BCUT2D eigenvalue weighted by Crippen LogP contribution is 2.18. The fourth-order valence-corrected chi connectivity index (χ4v) is 2.41. The Labute approximate surface area is 118 Å². The zero-order chi connectivity index (χ0) is 13.5. The maximum atomic E-state index is 5.69. The van der Waals surface area contributed by atoms with Gasteiger partial charge in [0.2, 0.25) is 0 Å². The summed E-state index contributed by atoms with van der Waals surface area (Å²) in [6.45, 7) is 2.80. The number of pyridine rings is 1. The Morgan fingerprint density at radius 1 is 1.26 bits per heavy atom. The van der Waals surface area contributed by atoms with Crippen LogP contribution in [-0.4, -0.2) is 17.3 Å². The van der Waals surface area contributed by atoms with Gasteiger partial charge in [-0.25, -0.2) is 4.98 Å². The van der Waals surface area contributed by atoms with Gasteiger partial charge in [-0.2, -0.15) is 0 Å². The standard InChI is InChI=1S/C15H18N2OS/c1-12-4-2-5-13(10-12)18-8-3-9-19-14-6-7-15(16)17-11-14/h2,4-7,10-11H,3,8-9H2,1H3,(H2,16,17). The number of anilines is 1. The molecule has 1 aromatic carbocycles. The molecule has 0 fully saturated rings. The molecular weight excluding hydrogens is 256 g/mol. The smallest absolute Gasteiger partial charge is 0.123 e. The topological polar surface area (TPSA) is 48.1 Å². The molecule has 0 bridgehead atoms. The van der Waals surface area contributed by atoms with Gasteiger partial charge >= 0.3 is 0 Å². The molecule has 0 aliphatic rings. The summed E-state index contributed by atoms with van der Waals surface area (Å²) < 4.78 is 5.69. The molecule has 0 atom stereocenters. The van der Waals surface area contributed by atoms with E-state index in [-0.39, 0.29) is 0 Å². The van der Waals surface area contributed by atoms with Crippen molar-refractivity contribution >= 4 is 17.6 Å². The third-order valence-electron chi connectivity index (χ3n) is 2.57. The minimum atomic E-state index is 0.562. The Morgan fingerprint density at radius 3 is 2.89 bits per heavy atom. The van der Waals surface area contributed by atoms with Crippen LogP contribution < -0.4 is 10.5 Å². The number of thioether (sulfide) groups is 1. The highest BCUT2D eigenvalue weighted by Gasteiger charge is 1.97. The van der Waals surface area contributed by atoms with Crippen LogP contribution in [-0.2, 0) is 0 Å². The molecule has 0 radical (unpaired) electrons. The number of hydrogen-bond donors (Lipinski definition) is 1. The summed E-state index contributed by atoms with van der Waals surface area (Å²) in [6, 6.07) is 11.9. The van der Waals surface area contributed by atoms with Gasteiger partial charge in [-0.1, -0.05) is 12.1 Å². The van der Waals surface area contributed by atoms with Gasteiger partial charge in [0, 0.05) is 16.8 Å². The molecule has 2 N–H and O–H groups in total. The molecule has 0 amide bonds. The van der Waals surface area contributed by atoms with Crippen molar-refractivity contribution in [3.05, 3.63) is 48.2 Å². The van der Waals surface area contributed by atoms with Crippen molar-refractivity contribution in [2.75, 3.05) is 18.1 Å². The summed E-state index contributed by atoms with van der Waals surface area (Å²) in [6.07, 6.45) is 2.81. The molecule has 2 rings (SSSR count). The zero-order valence-corrected chi connectivity index (χ0v) is 11.8. The second-order valence-electron chi connectivity index (χ2n) is 4.29. The number of rotatable bonds is 6. The number of benzene rings is 1. The lowest BCUT2D eigenvalue weighted by atomic mass is 10.2. The molecule has 19 heavy (non-hydrogen) atoms. The van der Waals surface area contributed by atoms with E-state index >= 15 is 0 Å². The van der Waals surface area contributed by atoms with Crippen LogP contribution in [0.2, 0.25) is 0 Å². The van der Waals surface area contributed by atoms with E-state index in [1.54, 1.807) is 18.0 Å². The Balaban J connectivity index is 1.66. The lowest BCUT2D eigenvalue weighted by Gasteiger charge is -2.06. The van der Waals surface area contributed by atoms with Crippen molar-refractivity contribution in [3.8, 4) is 5.75 Å². The van der Waals surface area contributed by atoms with Crippen LogP contribution in [0.1, 0.15) is 12.0 Å². The summed E-state index contributed by atoms with van der Waals surface area (Å²) >= 11 is 1.77. The third kappa shape index (κ3) is 4.83. The largest absolute Gasteiger partial charge is 0.494 e. The number of aromatic nitrogens is 1. The first-order valence-corrected chi connectivity index (χ1v) is 7.26. The minimum absolute atomic E-state index is 0.562. The third-order valence-corrected chi connectivity index (χ3v) is 3.64. The molecule has 2 aromatic rings. The van der Waals surface area contributed by atoms with Crippen LogP contribution in [0.3, 0.4) is 0 Å². The van der Waals surface area contributed by atoms with Gasteiger partial charge in [0.1, 0.15) is 11.6 Å². The molecule has 3 nitrogen and oxygen atoms in total. The molecule has 4 heteroatoms. The Hall–Kier alpha value is -1.68. The number of ether oxygens (including phenoxy) is 1. The van der Waals surface area contributed by atoms with E-state index in [9.17, 15) is 0 Å². The molecule has 0 unspecified atom stereocenters. The van der Waals surface area contributed by atoms with Gasteiger partial charge in [-0.15, -0.1) is 11.8 Å². The van der Waals surface area contributed by atoms with Gasteiger partial charge in [0.05, 0.1) is 6.61 Å². The van der Waals surface area contributed by atoms with Crippen molar-refractivity contribution in [3.63, 3.8) is 0 Å². The van der Waals surface area contributed by atoms with Crippen LogP contribution in [0.5, 0.6) is 5.75 Å². The van der Waals surface area contributed by atoms with E-state index in [4.69, 9.17) is 10.5 Å². The first-order chi connectivity index (χ1) is 9.24. The zero-order valence-electron chi connectivity index (χ0n) is 11.0. The predicted octanol–water partition coefficient (Wildman–Crippen LogP) is 3.53. The number of nitrogens with zero attached hydrogens (tertiary/aromatic N) is 1. The minimum Gasteiger partial charge on any atom is -0.494 e. The molecule has 1 heterocycles. The highest BCUT2D eigenvalue weighted by atomic mass is 32.2. The van der Waals surface area contributed by atoms with Crippen LogP contribution in [0.15, 0.2) is 47.5 Å². The van der Waals surface area contributed by atoms with Crippen molar-refractivity contribution in [1.82, 2.24) is 4.98 Å². The first kappa shape index (κ1) is 13.7. The Bertz CT molecular complexity index is 514. The molecule has 0 spiro atoms. The number of nitrogen functional groups attached to an aromatic ring is 1. The van der Waals surface area contributed by atoms with Gasteiger partial charge in [0.25, 0.3) is 0 Å². The summed E-state index contributed by atoms with van der Waals surface area (Å²) in [5.74, 6) is 2.52. The molecule has 0 saturated heterocycles. The molecule has 0 saturated carbocycles. The van der Waals surface area contributed by atoms with E-state index in [0.29, 0.717) is 5.82 Å². The van der Waals surface area contributed by atoms with Crippen LogP contribution in [0.4, 0.5) is 5.82 Å². The van der Waals surface area contributed by atoms with E-state index in [1.165, 1.54) is 5.56 Å². The van der Waals surface area contributed by atoms with Gasteiger partial charge in [-0.3, -0.25) is 0 Å². The maximum absolute atomic E-state index is 5.69. The summed E-state index contributed by atoms with van der Waals surface area (Å²) in [5.41, 5.74) is 6.76. The first-order valence-electron chi connectivity index (χ1n) is 6.28. The lowest BCUT2D eigenvalue weighted by molar-refractivity contribution is 0.318. The van der Waals surface area contributed by atoms with E-state index in [2.05, 4.69) is 24.0 Å². The quantitative estimate of drug-likeness (QED) is 0.646. The number of nitrogens with two attached hydrogens (primary N) is 1. The van der Waals surface area contributed by atoms with Crippen LogP contribution >= 0.6 is 11.8 Å². The number of aryl methyl sites for hydroxylation is 1. The second kappa shape index (κ2) is 7.04. The fourth-order valence-electron chi connectivity index (χ4n) is 1.62. The highest BCUT2D eigenvalue weighted by molar-refractivity contribution is 7.99.